The number of hydrogen-bond donors (Lipinski definition) is 1. The summed E-state index contributed by atoms with van der Waals surface area (Å²) in [6, 6.07) is 6.67. The maximum atomic E-state index is 13.4. The van der Waals surface area contributed by atoms with Gasteiger partial charge in [0.25, 0.3) is 5.91 Å². The smallest absolute Gasteiger partial charge is 0.329 e. The Bertz CT molecular complexity index is 901. The van der Waals surface area contributed by atoms with Crippen LogP contribution in [0.4, 0.5) is 10.5 Å². The monoisotopic (exact) mass is 484 g/mol. The van der Waals surface area contributed by atoms with E-state index in [1.165, 1.54) is 19.3 Å². The summed E-state index contributed by atoms with van der Waals surface area (Å²) in [6.45, 7) is 8.13. The molecule has 3 aliphatic heterocycles. The molecule has 0 aromatic heterocycles. The molecule has 1 aromatic carbocycles. The van der Waals surface area contributed by atoms with Crippen molar-refractivity contribution in [1.82, 2.24) is 15.1 Å². The fourth-order valence-electron chi connectivity index (χ4n) is 5.82. The molecule has 3 fully saturated rings. The zero-order valence-corrected chi connectivity index (χ0v) is 21.4. The van der Waals surface area contributed by atoms with Crippen LogP contribution in [-0.2, 0) is 14.3 Å². The molecule has 0 radical (unpaired) electrons. The SMILES string of the molecule is COCCN(C[C@@H]1CCCN2CCCC[C@@H]12)C(=O)C[C@H]1NC(=O)N(c2ccc(C(C)C)cc2)C1=O. The van der Waals surface area contributed by atoms with E-state index in [0.29, 0.717) is 43.3 Å². The molecule has 3 saturated heterocycles. The zero-order valence-electron chi connectivity index (χ0n) is 21.4. The molecule has 0 aliphatic carbocycles. The van der Waals surface area contributed by atoms with Gasteiger partial charge in [-0.15, -0.1) is 0 Å². The van der Waals surface area contributed by atoms with Crippen molar-refractivity contribution in [2.24, 2.45) is 5.92 Å². The summed E-state index contributed by atoms with van der Waals surface area (Å²) in [5, 5.41) is 2.73. The summed E-state index contributed by atoms with van der Waals surface area (Å²) in [6.07, 6.45) is 5.96. The number of carbonyl (C=O) groups excluding carboxylic acids is 3. The molecule has 0 unspecified atom stereocenters. The number of anilines is 1. The van der Waals surface area contributed by atoms with E-state index in [1.54, 1.807) is 19.2 Å². The Morgan fingerprint density at radius 1 is 1.11 bits per heavy atom. The fourth-order valence-corrected chi connectivity index (χ4v) is 5.82. The second-order valence-corrected chi connectivity index (χ2v) is 10.5. The number of ether oxygens (including phenoxy) is 1. The predicted molar refractivity (Wildman–Crippen MR) is 135 cm³/mol. The lowest BCUT2D eigenvalue weighted by Crippen LogP contribution is -2.52. The van der Waals surface area contributed by atoms with E-state index in [4.69, 9.17) is 4.74 Å². The number of benzene rings is 1. The lowest BCUT2D eigenvalue weighted by molar-refractivity contribution is -0.135. The molecule has 192 valence electrons. The number of nitrogens with zero attached hydrogens (tertiary/aromatic N) is 3. The van der Waals surface area contributed by atoms with Crippen LogP contribution < -0.4 is 10.2 Å². The van der Waals surface area contributed by atoms with Gasteiger partial charge in [0, 0.05) is 26.2 Å². The normalized spacial score (nSPS) is 25.0. The largest absolute Gasteiger partial charge is 0.383 e. The average molecular weight is 485 g/mol. The van der Waals surface area contributed by atoms with Gasteiger partial charge in [-0.3, -0.25) is 9.59 Å². The Hall–Kier alpha value is -2.45. The highest BCUT2D eigenvalue weighted by molar-refractivity contribution is 6.22. The second kappa shape index (κ2) is 11.5. The molecule has 4 amide bonds. The van der Waals surface area contributed by atoms with Crippen molar-refractivity contribution in [3.05, 3.63) is 29.8 Å². The van der Waals surface area contributed by atoms with Crippen molar-refractivity contribution < 1.29 is 19.1 Å². The third-order valence-corrected chi connectivity index (χ3v) is 7.82. The summed E-state index contributed by atoms with van der Waals surface area (Å²) in [7, 11) is 1.63. The fraction of sp³-hybridized carbons (Fsp3) is 0.667. The summed E-state index contributed by atoms with van der Waals surface area (Å²) < 4.78 is 5.28. The molecule has 0 bridgehead atoms. The first-order chi connectivity index (χ1) is 16.9. The maximum absolute atomic E-state index is 13.4. The number of hydrogen-bond acceptors (Lipinski definition) is 5. The summed E-state index contributed by atoms with van der Waals surface area (Å²) in [5.41, 5.74) is 1.67. The Kier molecular flexibility index (Phi) is 8.44. The summed E-state index contributed by atoms with van der Waals surface area (Å²) >= 11 is 0. The van der Waals surface area contributed by atoms with Crippen LogP contribution in [0.15, 0.2) is 24.3 Å². The molecule has 0 spiro atoms. The van der Waals surface area contributed by atoms with Gasteiger partial charge in [0.05, 0.1) is 18.7 Å². The first-order valence-corrected chi connectivity index (χ1v) is 13.1. The number of piperidine rings is 2. The van der Waals surface area contributed by atoms with Crippen molar-refractivity contribution in [1.29, 1.82) is 0 Å². The highest BCUT2D eigenvalue weighted by Crippen LogP contribution is 2.32. The van der Waals surface area contributed by atoms with Gasteiger partial charge in [0.1, 0.15) is 6.04 Å². The molecule has 3 aliphatic rings. The quantitative estimate of drug-likeness (QED) is 0.544. The summed E-state index contributed by atoms with van der Waals surface area (Å²) in [5.74, 6) is 0.323. The van der Waals surface area contributed by atoms with Crippen LogP contribution in [0.5, 0.6) is 0 Å². The molecule has 1 N–H and O–H groups in total. The van der Waals surface area contributed by atoms with Gasteiger partial charge in [-0.05, 0) is 68.3 Å². The number of rotatable bonds is 9. The van der Waals surface area contributed by atoms with E-state index < -0.39 is 12.1 Å². The van der Waals surface area contributed by atoms with Crippen LogP contribution in [0.3, 0.4) is 0 Å². The summed E-state index contributed by atoms with van der Waals surface area (Å²) in [4.78, 5) is 44.8. The van der Waals surface area contributed by atoms with Crippen molar-refractivity contribution in [3.8, 4) is 0 Å². The third kappa shape index (κ3) is 5.86. The van der Waals surface area contributed by atoms with Gasteiger partial charge in [0.15, 0.2) is 0 Å². The highest BCUT2D eigenvalue weighted by atomic mass is 16.5. The zero-order chi connectivity index (χ0) is 24.9. The van der Waals surface area contributed by atoms with Gasteiger partial charge >= 0.3 is 6.03 Å². The molecule has 8 heteroatoms. The van der Waals surface area contributed by atoms with E-state index in [9.17, 15) is 14.4 Å². The van der Waals surface area contributed by atoms with E-state index >= 15 is 0 Å². The van der Waals surface area contributed by atoms with Crippen molar-refractivity contribution in [2.75, 3.05) is 44.8 Å². The predicted octanol–water partition coefficient (Wildman–Crippen LogP) is 3.36. The molecule has 35 heavy (non-hydrogen) atoms. The van der Waals surface area contributed by atoms with E-state index in [1.807, 2.05) is 17.0 Å². The first-order valence-electron chi connectivity index (χ1n) is 13.1. The molecule has 4 rings (SSSR count). The number of amides is 4. The molecular formula is C27H40N4O4. The van der Waals surface area contributed by atoms with Crippen molar-refractivity contribution in [2.45, 2.75) is 70.4 Å². The number of carbonyl (C=O) groups is 3. The lowest BCUT2D eigenvalue weighted by atomic mass is 9.83. The van der Waals surface area contributed by atoms with Crippen LogP contribution in [0.1, 0.15) is 63.9 Å². The Morgan fingerprint density at radius 2 is 1.86 bits per heavy atom. The molecule has 8 nitrogen and oxygen atoms in total. The lowest BCUT2D eigenvalue weighted by Gasteiger charge is -2.45. The standard InChI is InChI=1S/C27H40N4O4/c1-19(2)20-9-11-22(12-10-20)31-26(33)23(28-27(31)34)17-25(32)30(15-16-35-3)18-21-7-6-14-29-13-5-4-8-24(21)29/h9-12,19,21,23-24H,4-8,13-18H2,1-3H3,(H,28,34)/t21-,23+,24-/m0/s1. The third-order valence-electron chi connectivity index (χ3n) is 7.82. The Labute approximate surface area is 209 Å². The van der Waals surface area contributed by atoms with Gasteiger partial charge in [-0.2, -0.15) is 0 Å². The molecule has 3 heterocycles. The van der Waals surface area contributed by atoms with Crippen molar-refractivity contribution >= 4 is 23.5 Å². The first kappa shape index (κ1) is 25.6. The van der Waals surface area contributed by atoms with E-state index in [2.05, 4.69) is 24.1 Å². The average Bonchev–Trinajstić information content (AvgIpc) is 3.14. The maximum Gasteiger partial charge on any atom is 0.329 e. The van der Waals surface area contributed by atoms with Crippen LogP contribution in [0.25, 0.3) is 0 Å². The van der Waals surface area contributed by atoms with E-state index in [-0.39, 0.29) is 18.2 Å². The highest BCUT2D eigenvalue weighted by Gasteiger charge is 2.41. The van der Waals surface area contributed by atoms with Gasteiger partial charge in [0.2, 0.25) is 5.91 Å². The second-order valence-electron chi connectivity index (χ2n) is 10.5. The topological polar surface area (TPSA) is 82.2 Å². The number of fused-ring (bicyclic) bond motifs is 1. The molecule has 1 aromatic rings. The minimum absolute atomic E-state index is 0.0318. The Morgan fingerprint density at radius 3 is 2.57 bits per heavy atom. The van der Waals surface area contributed by atoms with Crippen LogP contribution in [0.2, 0.25) is 0 Å². The molecule has 3 atom stereocenters. The number of methoxy groups -OCH3 is 1. The van der Waals surface area contributed by atoms with E-state index in [0.717, 1.165) is 36.4 Å². The number of imide groups is 1. The minimum Gasteiger partial charge on any atom is -0.383 e. The Balaban J connectivity index is 1.41. The van der Waals surface area contributed by atoms with Crippen LogP contribution in [0, 0.1) is 5.92 Å². The molecular weight excluding hydrogens is 444 g/mol. The van der Waals surface area contributed by atoms with Gasteiger partial charge in [-0.25, -0.2) is 9.69 Å². The van der Waals surface area contributed by atoms with Crippen LogP contribution >= 0.6 is 0 Å². The van der Waals surface area contributed by atoms with Crippen LogP contribution in [-0.4, -0.2) is 79.6 Å². The molecule has 0 saturated carbocycles. The number of urea groups is 1. The minimum atomic E-state index is -0.845. The van der Waals surface area contributed by atoms with Gasteiger partial charge < -0.3 is 19.9 Å². The number of nitrogens with one attached hydrogen (secondary N) is 1. The van der Waals surface area contributed by atoms with Crippen molar-refractivity contribution in [3.63, 3.8) is 0 Å². The van der Waals surface area contributed by atoms with Gasteiger partial charge in [-0.1, -0.05) is 32.4 Å².